The Morgan fingerprint density at radius 2 is 1.96 bits per heavy atom. The van der Waals surface area contributed by atoms with E-state index in [0.717, 1.165) is 16.5 Å². The van der Waals surface area contributed by atoms with Crippen LogP contribution >= 0.6 is 0 Å². The monoisotopic (exact) mass is 336 g/mol. The molecule has 0 unspecified atom stereocenters. The quantitative estimate of drug-likeness (QED) is 0.782. The number of fused-ring (bicyclic) bond motifs is 2. The van der Waals surface area contributed by atoms with Gasteiger partial charge in [0.1, 0.15) is 5.82 Å². The van der Waals surface area contributed by atoms with E-state index in [-0.39, 0.29) is 29.8 Å². The summed E-state index contributed by atoms with van der Waals surface area (Å²) in [6.07, 6.45) is 2.03. The van der Waals surface area contributed by atoms with Gasteiger partial charge in [-0.15, -0.1) is 0 Å². The first-order valence-electron chi connectivity index (χ1n) is 8.43. The predicted octanol–water partition coefficient (Wildman–Crippen LogP) is 2.79. The van der Waals surface area contributed by atoms with E-state index in [0.29, 0.717) is 11.4 Å². The number of aromatic nitrogens is 3. The van der Waals surface area contributed by atoms with Crippen molar-refractivity contribution in [3.63, 3.8) is 0 Å². The molecular formula is C19H20N4O2. The summed E-state index contributed by atoms with van der Waals surface area (Å²) in [6.45, 7) is 4.02. The van der Waals surface area contributed by atoms with E-state index in [9.17, 15) is 9.59 Å². The van der Waals surface area contributed by atoms with Gasteiger partial charge in [0.25, 0.3) is 5.56 Å². The van der Waals surface area contributed by atoms with Crippen molar-refractivity contribution in [1.29, 1.82) is 0 Å². The lowest BCUT2D eigenvalue weighted by Gasteiger charge is -2.24. The first-order chi connectivity index (χ1) is 12.0. The first kappa shape index (κ1) is 15.6. The lowest BCUT2D eigenvalue weighted by Crippen LogP contribution is -2.30. The maximum absolute atomic E-state index is 12.9. The summed E-state index contributed by atoms with van der Waals surface area (Å²) in [5.41, 5.74) is 2.36. The minimum atomic E-state index is -0.278. The molecule has 1 amide bonds. The van der Waals surface area contributed by atoms with Crippen LogP contribution in [0.4, 0.5) is 5.82 Å². The van der Waals surface area contributed by atoms with Gasteiger partial charge < -0.3 is 9.88 Å². The van der Waals surface area contributed by atoms with Gasteiger partial charge in [-0.3, -0.25) is 9.59 Å². The molecule has 0 saturated heterocycles. The Morgan fingerprint density at radius 1 is 1.20 bits per heavy atom. The molecule has 25 heavy (non-hydrogen) atoms. The minimum Gasteiger partial charge on any atom is -0.311 e. The number of benzene rings is 1. The number of hydrogen-bond acceptors (Lipinski definition) is 3. The molecule has 128 valence electrons. The fraction of sp³-hybridized carbons (Fsp3) is 0.316. The molecule has 0 bridgehead atoms. The molecule has 1 aromatic carbocycles. The largest absolute Gasteiger partial charge is 0.311 e. The first-order valence-corrected chi connectivity index (χ1v) is 8.43. The highest BCUT2D eigenvalue weighted by Gasteiger charge is 2.32. The molecule has 0 fully saturated rings. The summed E-state index contributed by atoms with van der Waals surface area (Å²) in [5, 5.41) is 8.32. The van der Waals surface area contributed by atoms with Crippen LogP contribution in [-0.4, -0.2) is 20.3 Å². The Balaban J connectivity index is 1.95. The van der Waals surface area contributed by atoms with E-state index >= 15 is 0 Å². The number of nitrogens with zero attached hydrogens (tertiary/aromatic N) is 3. The molecule has 0 saturated carbocycles. The Kier molecular flexibility index (Phi) is 3.49. The van der Waals surface area contributed by atoms with E-state index < -0.39 is 0 Å². The van der Waals surface area contributed by atoms with Crippen LogP contribution in [0.5, 0.6) is 0 Å². The van der Waals surface area contributed by atoms with Gasteiger partial charge in [0.15, 0.2) is 0 Å². The van der Waals surface area contributed by atoms with E-state index in [4.69, 9.17) is 0 Å². The summed E-state index contributed by atoms with van der Waals surface area (Å²) in [5.74, 6) is 0.334. The van der Waals surface area contributed by atoms with Crippen LogP contribution in [-0.2, 0) is 11.8 Å². The Hall–Kier alpha value is -2.89. The second-order valence-electron chi connectivity index (χ2n) is 6.81. The normalized spacial score (nSPS) is 17.0. The molecule has 6 nitrogen and oxygen atoms in total. The highest BCUT2D eigenvalue weighted by Crippen LogP contribution is 2.37. The number of carbonyl (C=O) groups excluding carboxylic acids is 1. The SMILES string of the molecule is CC(C)n1ncc2c1NC(=O)C[C@H]2c1cc2ccccc2n(C)c1=O. The lowest BCUT2D eigenvalue weighted by atomic mass is 9.87. The van der Waals surface area contributed by atoms with Crippen LogP contribution < -0.4 is 10.9 Å². The van der Waals surface area contributed by atoms with Gasteiger partial charge in [0, 0.05) is 36.6 Å². The van der Waals surface area contributed by atoms with E-state index in [1.165, 1.54) is 0 Å². The van der Waals surface area contributed by atoms with Crippen LogP contribution in [0.25, 0.3) is 10.9 Å². The molecule has 6 heteroatoms. The van der Waals surface area contributed by atoms with Crippen molar-refractivity contribution in [3.8, 4) is 0 Å². The molecule has 4 rings (SSSR count). The van der Waals surface area contributed by atoms with Crippen LogP contribution in [0.3, 0.4) is 0 Å². The minimum absolute atomic E-state index is 0.0679. The predicted molar refractivity (Wildman–Crippen MR) is 96.9 cm³/mol. The van der Waals surface area contributed by atoms with Gasteiger partial charge in [-0.2, -0.15) is 5.10 Å². The Morgan fingerprint density at radius 3 is 2.72 bits per heavy atom. The summed E-state index contributed by atoms with van der Waals surface area (Å²) >= 11 is 0. The smallest absolute Gasteiger partial charge is 0.254 e. The van der Waals surface area contributed by atoms with Crippen LogP contribution in [0.2, 0.25) is 0 Å². The number of nitrogens with one attached hydrogen (secondary N) is 1. The molecule has 1 atom stereocenters. The van der Waals surface area contributed by atoms with Crippen molar-refractivity contribution in [2.75, 3.05) is 5.32 Å². The molecule has 0 aliphatic carbocycles. The third-order valence-electron chi connectivity index (χ3n) is 4.87. The van der Waals surface area contributed by atoms with Gasteiger partial charge in [0.2, 0.25) is 5.91 Å². The molecule has 1 N–H and O–H groups in total. The van der Waals surface area contributed by atoms with Gasteiger partial charge in [-0.1, -0.05) is 18.2 Å². The Labute approximate surface area is 145 Å². The van der Waals surface area contributed by atoms with Crippen molar-refractivity contribution in [1.82, 2.24) is 14.3 Å². The standard InChI is InChI=1S/C19H20N4O2/c1-11(2)23-18-15(10-20-23)13(9-17(24)21-18)14-8-12-6-4-5-7-16(12)22(3)19(14)25/h4-8,10-11,13H,9H2,1-3H3,(H,21,24)/t13-/m0/s1. The van der Waals surface area contributed by atoms with Gasteiger partial charge in [0.05, 0.1) is 11.7 Å². The fourth-order valence-electron chi connectivity index (χ4n) is 3.60. The third-order valence-corrected chi connectivity index (χ3v) is 4.87. The number of hydrogen-bond donors (Lipinski definition) is 1. The number of para-hydroxylation sites is 1. The molecule has 1 aliphatic rings. The maximum Gasteiger partial charge on any atom is 0.254 e. The molecule has 3 aromatic rings. The fourth-order valence-corrected chi connectivity index (χ4v) is 3.60. The topological polar surface area (TPSA) is 68.9 Å². The van der Waals surface area contributed by atoms with Crippen LogP contribution in [0.1, 0.15) is 43.4 Å². The van der Waals surface area contributed by atoms with E-state index in [1.807, 2.05) is 44.2 Å². The van der Waals surface area contributed by atoms with E-state index in [1.54, 1.807) is 22.5 Å². The van der Waals surface area contributed by atoms with Crippen molar-refractivity contribution in [2.24, 2.45) is 7.05 Å². The number of rotatable bonds is 2. The van der Waals surface area contributed by atoms with E-state index in [2.05, 4.69) is 10.4 Å². The number of anilines is 1. The zero-order chi connectivity index (χ0) is 17.7. The second kappa shape index (κ2) is 5.58. The second-order valence-corrected chi connectivity index (χ2v) is 6.81. The average molecular weight is 336 g/mol. The van der Waals surface area contributed by atoms with Gasteiger partial charge in [-0.05, 0) is 31.4 Å². The highest BCUT2D eigenvalue weighted by atomic mass is 16.2. The average Bonchev–Trinajstić information content (AvgIpc) is 3.01. The molecule has 1 aliphatic heterocycles. The molecule has 2 aromatic heterocycles. The summed E-state index contributed by atoms with van der Waals surface area (Å²) < 4.78 is 3.45. The summed E-state index contributed by atoms with van der Waals surface area (Å²) in [7, 11) is 1.77. The number of carbonyl (C=O) groups is 1. The van der Waals surface area contributed by atoms with Crippen molar-refractivity contribution in [3.05, 3.63) is 58.0 Å². The summed E-state index contributed by atoms with van der Waals surface area (Å²) in [6, 6.07) is 9.82. The number of amides is 1. The molecule has 3 heterocycles. The number of aryl methyl sites for hydroxylation is 1. The Bertz CT molecular complexity index is 1050. The molecular weight excluding hydrogens is 316 g/mol. The van der Waals surface area contributed by atoms with Crippen molar-refractivity contribution in [2.45, 2.75) is 32.2 Å². The third kappa shape index (κ3) is 2.36. The molecule has 0 spiro atoms. The van der Waals surface area contributed by atoms with Crippen molar-refractivity contribution < 1.29 is 4.79 Å². The number of pyridine rings is 1. The zero-order valence-electron chi connectivity index (χ0n) is 14.5. The lowest BCUT2D eigenvalue weighted by molar-refractivity contribution is -0.116. The maximum atomic E-state index is 12.9. The molecule has 0 radical (unpaired) electrons. The van der Waals surface area contributed by atoms with Gasteiger partial charge in [-0.25, -0.2) is 4.68 Å². The van der Waals surface area contributed by atoms with Crippen molar-refractivity contribution >= 4 is 22.6 Å². The highest BCUT2D eigenvalue weighted by molar-refractivity contribution is 5.94. The van der Waals surface area contributed by atoms with Crippen LogP contribution in [0.15, 0.2) is 41.3 Å². The van der Waals surface area contributed by atoms with Crippen LogP contribution in [0, 0.1) is 0 Å². The summed E-state index contributed by atoms with van der Waals surface area (Å²) in [4.78, 5) is 25.2. The zero-order valence-corrected chi connectivity index (χ0v) is 14.5. The van der Waals surface area contributed by atoms with Gasteiger partial charge >= 0.3 is 0 Å².